The summed E-state index contributed by atoms with van der Waals surface area (Å²) in [4.78, 5) is 13.5. The Labute approximate surface area is 169 Å². The summed E-state index contributed by atoms with van der Waals surface area (Å²) < 4.78 is 3.06. The Morgan fingerprint density at radius 3 is 2.65 bits per heavy atom. The van der Waals surface area contributed by atoms with Crippen LogP contribution >= 0.6 is 39.0 Å². The number of aryl methyl sites for hydroxylation is 1. The van der Waals surface area contributed by atoms with Gasteiger partial charge in [0.1, 0.15) is 0 Å². The van der Waals surface area contributed by atoms with Crippen molar-refractivity contribution in [2.75, 3.05) is 11.1 Å². The largest absolute Gasteiger partial charge is 0.325 e. The van der Waals surface area contributed by atoms with Crippen LogP contribution < -0.4 is 5.32 Å². The second-order valence-electron chi connectivity index (χ2n) is 6.06. The normalized spacial score (nSPS) is 11.1. The third-order valence-electron chi connectivity index (χ3n) is 3.63. The van der Waals surface area contributed by atoms with Crippen LogP contribution in [-0.2, 0) is 4.79 Å². The SMILES string of the molecule is Cc1cc(-c2nnc(SCC(=O)Nc3ccc(Br)cc3)n2C(C)C)cs1. The van der Waals surface area contributed by atoms with Gasteiger partial charge < -0.3 is 5.32 Å². The van der Waals surface area contributed by atoms with Crippen LogP contribution in [0.1, 0.15) is 24.8 Å². The molecule has 0 fully saturated rings. The van der Waals surface area contributed by atoms with E-state index in [1.165, 1.54) is 16.6 Å². The molecule has 1 N–H and O–H groups in total. The minimum absolute atomic E-state index is 0.0662. The van der Waals surface area contributed by atoms with Gasteiger partial charge in [-0.25, -0.2) is 0 Å². The topological polar surface area (TPSA) is 59.8 Å². The fourth-order valence-corrected chi connectivity index (χ4v) is 4.27. The van der Waals surface area contributed by atoms with Crippen molar-refractivity contribution in [3.8, 4) is 11.4 Å². The van der Waals surface area contributed by atoms with Crippen LogP contribution in [-0.4, -0.2) is 26.4 Å². The van der Waals surface area contributed by atoms with Gasteiger partial charge in [-0.3, -0.25) is 9.36 Å². The number of thioether (sulfide) groups is 1. The molecule has 0 saturated carbocycles. The second-order valence-corrected chi connectivity index (χ2v) is 9.03. The number of nitrogens with one attached hydrogen (secondary N) is 1. The fourth-order valence-electron chi connectivity index (χ4n) is 2.46. The summed E-state index contributed by atoms with van der Waals surface area (Å²) in [6, 6.07) is 9.83. The van der Waals surface area contributed by atoms with Gasteiger partial charge in [-0.15, -0.1) is 21.5 Å². The molecule has 136 valence electrons. The molecule has 1 amide bonds. The minimum Gasteiger partial charge on any atom is -0.325 e. The summed E-state index contributed by atoms with van der Waals surface area (Å²) in [6.07, 6.45) is 0. The summed E-state index contributed by atoms with van der Waals surface area (Å²) >= 11 is 6.48. The molecule has 0 bridgehead atoms. The molecule has 1 aromatic carbocycles. The van der Waals surface area contributed by atoms with Crippen LogP contribution in [0.3, 0.4) is 0 Å². The Balaban J connectivity index is 1.70. The van der Waals surface area contributed by atoms with Crippen LogP contribution in [0.25, 0.3) is 11.4 Å². The van der Waals surface area contributed by atoms with E-state index in [0.29, 0.717) is 0 Å². The molecule has 0 saturated heterocycles. The molecule has 0 aliphatic heterocycles. The average molecular weight is 451 g/mol. The van der Waals surface area contributed by atoms with Crippen molar-refractivity contribution < 1.29 is 4.79 Å². The van der Waals surface area contributed by atoms with Crippen molar-refractivity contribution in [3.05, 3.63) is 45.1 Å². The first-order chi connectivity index (χ1) is 12.4. The first kappa shape index (κ1) is 19.1. The number of nitrogens with zero attached hydrogens (tertiary/aromatic N) is 3. The van der Waals surface area contributed by atoms with Gasteiger partial charge in [-0.1, -0.05) is 27.7 Å². The number of halogens is 1. The number of aromatic nitrogens is 3. The van der Waals surface area contributed by atoms with Crippen LogP contribution in [0, 0.1) is 6.92 Å². The maximum atomic E-state index is 12.2. The Hall–Kier alpha value is -1.64. The molecule has 2 heterocycles. The van der Waals surface area contributed by atoms with E-state index in [1.54, 1.807) is 11.3 Å². The monoisotopic (exact) mass is 450 g/mol. The number of hydrogen-bond donors (Lipinski definition) is 1. The molecule has 0 atom stereocenters. The van der Waals surface area contributed by atoms with Crippen molar-refractivity contribution in [2.24, 2.45) is 0 Å². The van der Waals surface area contributed by atoms with Gasteiger partial charge in [0.25, 0.3) is 0 Å². The Morgan fingerprint density at radius 2 is 2.04 bits per heavy atom. The standard InChI is InChI=1S/C18H19BrN4OS2/c1-11(2)23-17(13-8-12(3)25-9-13)21-22-18(23)26-10-16(24)20-15-6-4-14(19)5-7-15/h4-9,11H,10H2,1-3H3,(H,20,24). The predicted molar refractivity (Wildman–Crippen MR) is 112 cm³/mol. The summed E-state index contributed by atoms with van der Waals surface area (Å²) in [5.41, 5.74) is 1.85. The molecule has 0 radical (unpaired) electrons. The zero-order valence-electron chi connectivity index (χ0n) is 14.7. The molecule has 8 heteroatoms. The van der Waals surface area contributed by atoms with Gasteiger partial charge in [0.15, 0.2) is 11.0 Å². The highest BCUT2D eigenvalue weighted by molar-refractivity contribution is 9.10. The van der Waals surface area contributed by atoms with E-state index < -0.39 is 0 Å². The maximum absolute atomic E-state index is 12.2. The highest BCUT2D eigenvalue weighted by Gasteiger charge is 2.18. The third-order valence-corrected chi connectivity index (χ3v) is 5.96. The lowest BCUT2D eigenvalue weighted by Crippen LogP contribution is -2.15. The summed E-state index contributed by atoms with van der Waals surface area (Å²) in [7, 11) is 0. The lowest BCUT2D eigenvalue weighted by atomic mass is 10.3. The first-order valence-electron chi connectivity index (χ1n) is 8.12. The van der Waals surface area contributed by atoms with Crippen molar-refractivity contribution >= 4 is 50.6 Å². The van der Waals surface area contributed by atoms with E-state index in [9.17, 15) is 4.79 Å². The van der Waals surface area contributed by atoms with Gasteiger partial charge in [0.2, 0.25) is 5.91 Å². The van der Waals surface area contributed by atoms with Gasteiger partial charge in [-0.2, -0.15) is 0 Å². The van der Waals surface area contributed by atoms with Gasteiger partial charge >= 0.3 is 0 Å². The number of anilines is 1. The lowest BCUT2D eigenvalue weighted by molar-refractivity contribution is -0.113. The number of rotatable bonds is 6. The number of carbonyl (C=O) groups excluding carboxylic acids is 1. The quantitative estimate of drug-likeness (QED) is 0.511. The van der Waals surface area contributed by atoms with E-state index in [-0.39, 0.29) is 17.7 Å². The van der Waals surface area contributed by atoms with E-state index in [4.69, 9.17) is 0 Å². The Bertz CT molecular complexity index is 902. The number of carbonyl (C=O) groups is 1. The fraction of sp³-hybridized carbons (Fsp3) is 0.278. The number of thiophene rings is 1. The molecule has 2 aromatic heterocycles. The highest BCUT2D eigenvalue weighted by Crippen LogP contribution is 2.30. The van der Waals surface area contributed by atoms with E-state index in [0.717, 1.165) is 26.7 Å². The molecule has 3 aromatic rings. The van der Waals surface area contributed by atoms with E-state index in [2.05, 4.69) is 68.2 Å². The summed E-state index contributed by atoms with van der Waals surface area (Å²) in [5.74, 6) is 1.06. The third kappa shape index (κ3) is 4.55. The molecule has 0 aliphatic carbocycles. The van der Waals surface area contributed by atoms with Gasteiger partial charge in [0.05, 0.1) is 5.75 Å². The zero-order chi connectivity index (χ0) is 18.7. The van der Waals surface area contributed by atoms with Crippen molar-refractivity contribution in [1.29, 1.82) is 0 Å². The highest BCUT2D eigenvalue weighted by atomic mass is 79.9. The smallest absolute Gasteiger partial charge is 0.234 e. The molecule has 0 spiro atoms. The molecule has 0 unspecified atom stereocenters. The zero-order valence-corrected chi connectivity index (χ0v) is 17.9. The second kappa shape index (κ2) is 8.37. The number of amides is 1. The van der Waals surface area contributed by atoms with Gasteiger partial charge in [0, 0.05) is 32.0 Å². The molecule has 5 nitrogen and oxygen atoms in total. The molecule has 26 heavy (non-hydrogen) atoms. The molecule has 3 rings (SSSR count). The van der Waals surface area contributed by atoms with Crippen molar-refractivity contribution in [3.63, 3.8) is 0 Å². The molecular weight excluding hydrogens is 432 g/mol. The lowest BCUT2D eigenvalue weighted by Gasteiger charge is -2.13. The predicted octanol–water partition coefficient (Wildman–Crippen LogP) is 5.39. The summed E-state index contributed by atoms with van der Waals surface area (Å²) in [5, 5.41) is 14.4. The van der Waals surface area contributed by atoms with E-state index >= 15 is 0 Å². The van der Waals surface area contributed by atoms with E-state index in [1.807, 2.05) is 24.3 Å². The molecule has 0 aliphatic rings. The molecular formula is C18H19BrN4OS2. The number of benzene rings is 1. The Morgan fingerprint density at radius 1 is 1.31 bits per heavy atom. The van der Waals surface area contributed by atoms with Gasteiger partial charge in [-0.05, 0) is 51.1 Å². The van der Waals surface area contributed by atoms with Crippen LogP contribution in [0.4, 0.5) is 5.69 Å². The van der Waals surface area contributed by atoms with Crippen molar-refractivity contribution in [2.45, 2.75) is 32.0 Å². The Kier molecular flexibility index (Phi) is 6.16. The minimum atomic E-state index is -0.0662. The summed E-state index contributed by atoms with van der Waals surface area (Å²) in [6.45, 7) is 6.27. The number of hydrogen-bond acceptors (Lipinski definition) is 5. The van der Waals surface area contributed by atoms with Crippen LogP contribution in [0.2, 0.25) is 0 Å². The van der Waals surface area contributed by atoms with Crippen LogP contribution in [0.15, 0.2) is 45.3 Å². The first-order valence-corrected chi connectivity index (χ1v) is 10.8. The van der Waals surface area contributed by atoms with Crippen LogP contribution in [0.5, 0.6) is 0 Å². The average Bonchev–Trinajstić information content (AvgIpc) is 3.21. The maximum Gasteiger partial charge on any atom is 0.234 e. The van der Waals surface area contributed by atoms with Crippen molar-refractivity contribution in [1.82, 2.24) is 14.8 Å².